The second-order valence-electron chi connectivity index (χ2n) is 5.65. The van der Waals surface area contributed by atoms with Crippen LogP contribution in [0.4, 0.5) is 24.9 Å². The monoisotopic (exact) mass is 396 g/mol. The molecule has 0 aromatic carbocycles. The highest BCUT2D eigenvalue weighted by molar-refractivity contribution is 7.94. The van der Waals surface area contributed by atoms with Crippen molar-refractivity contribution in [3.05, 3.63) is 34.9 Å². The van der Waals surface area contributed by atoms with Crippen LogP contribution in [0.1, 0.15) is 12.5 Å². The summed E-state index contributed by atoms with van der Waals surface area (Å²) in [6.07, 6.45) is 1.38. The standard InChI is InChI=1S/C14H16ClF3N4O2S/c1-13(15)6-8(25(3,23)24)4-5-10(13)21-12-20-7-9(14(16,17)18)11(19-2)22-12/h4-7,10H,1-3H3,(H2,19,20,21,22). The van der Waals surface area contributed by atoms with Crippen LogP contribution < -0.4 is 10.6 Å². The zero-order chi connectivity index (χ0) is 19.0. The fraction of sp³-hybridized carbons (Fsp3) is 0.429. The van der Waals surface area contributed by atoms with Gasteiger partial charge in [-0.15, -0.1) is 11.6 Å². The molecule has 1 aliphatic rings. The van der Waals surface area contributed by atoms with Crippen molar-refractivity contribution in [1.82, 2.24) is 9.97 Å². The molecule has 0 radical (unpaired) electrons. The number of aromatic nitrogens is 2. The van der Waals surface area contributed by atoms with Gasteiger partial charge in [0.15, 0.2) is 9.84 Å². The van der Waals surface area contributed by atoms with Gasteiger partial charge in [-0.25, -0.2) is 13.4 Å². The first-order valence-corrected chi connectivity index (χ1v) is 9.30. The Hall–Kier alpha value is -1.81. The Kier molecular flexibility index (Phi) is 5.06. The molecule has 1 aromatic heterocycles. The summed E-state index contributed by atoms with van der Waals surface area (Å²) in [5.74, 6) is -0.455. The zero-order valence-corrected chi connectivity index (χ0v) is 15.1. The molecule has 1 aliphatic carbocycles. The van der Waals surface area contributed by atoms with Crippen LogP contribution >= 0.6 is 11.6 Å². The summed E-state index contributed by atoms with van der Waals surface area (Å²) >= 11 is 6.36. The van der Waals surface area contributed by atoms with Crippen molar-refractivity contribution in [1.29, 1.82) is 0 Å². The first-order valence-electron chi connectivity index (χ1n) is 7.03. The van der Waals surface area contributed by atoms with Gasteiger partial charge < -0.3 is 10.6 Å². The number of hydrogen-bond acceptors (Lipinski definition) is 6. The minimum Gasteiger partial charge on any atom is -0.372 e. The van der Waals surface area contributed by atoms with Gasteiger partial charge in [0.2, 0.25) is 5.95 Å². The molecule has 2 rings (SSSR count). The Morgan fingerprint density at radius 2 is 2.00 bits per heavy atom. The second-order valence-corrected chi connectivity index (χ2v) is 8.49. The predicted octanol–water partition coefficient (Wildman–Crippen LogP) is 2.81. The summed E-state index contributed by atoms with van der Waals surface area (Å²) in [5, 5.41) is 5.18. The Labute approximate surface area is 148 Å². The Morgan fingerprint density at radius 1 is 1.36 bits per heavy atom. The number of nitrogens with zero attached hydrogens (tertiary/aromatic N) is 2. The van der Waals surface area contributed by atoms with Gasteiger partial charge in [-0.3, -0.25) is 0 Å². The van der Waals surface area contributed by atoms with Crippen LogP contribution in [-0.4, -0.2) is 42.6 Å². The van der Waals surface area contributed by atoms with Crippen molar-refractivity contribution in [3.8, 4) is 0 Å². The molecule has 0 bridgehead atoms. The number of halogens is 4. The molecule has 2 N–H and O–H groups in total. The molecule has 1 heterocycles. The van der Waals surface area contributed by atoms with E-state index in [4.69, 9.17) is 11.6 Å². The van der Waals surface area contributed by atoms with Gasteiger partial charge in [-0.1, -0.05) is 6.08 Å². The molecular formula is C14H16ClF3N4O2S. The summed E-state index contributed by atoms with van der Waals surface area (Å²) in [5.41, 5.74) is -0.993. The molecule has 0 amide bonds. The molecule has 11 heteroatoms. The number of alkyl halides is 4. The highest BCUT2D eigenvalue weighted by Crippen LogP contribution is 2.35. The minimum atomic E-state index is -4.59. The van der Waals surface area contributed by atoms with Crippen LogP contribution in [0.25, 0.3) is 0 Å². The largest absolute Gasteiger partial charge is 0.421 e. The third-order valence-electron chi connectivity index (χ3n) is 3.53. The van der Waals surface area contributed by atoms with E-state index in [1.807, 2.05) is 0 Å². The van der Waals surface area contributed by atoms with Crippen LogP contribution in [-0.2, 0) is 16.0 Å². The molecule has 0 fully saturated rings. The van der Waals surface area contributed by atoms with Gasteiger partial charge >= 0.3 is 6.18 Å². The first-order chi connectivity index (χ1) is 11.3. The van der Waals surface area contributed by atoms with Crippen LogP contribution in [0.15, 0.2) is 29.3 Å². The number of allylic oxidation sites excluding steroid dienone is 1. The zero-order valence-electron chi connectivity index (χ0n) is 13.5. The fourth-order valence-electron chi connectivity index (χ4n) is 2.20. The molecule has 0 saturated heterocycles. The number of hydrogen-bond donors (Lipinski definition) is 2. The maximum absolute atomic E-state index is 12.9. The van der Waals surface area contributed by atoms with E-state index in [2.05, 4.69) is 20.6 Å². The average Bonchev–Trinajstić information content (AvgIpc) is 2.46. The molecule has 25 heavy (non-hydrogen) atoms. The average molecular weight is 397 g/mol. The fourth-order valence-corrected chi connectivity index (χ4v) is 3.30. The first kappa shape index (κ1) is 19.5. The van der Waals surface area contributed by atoms with E-state index in [0.717, 1.165) is 6.26 Å². The van der Waals surface area contributed by atoms with Crippen molar-refractivity contribution in [2.45, 2.75) is 24.0 Å². The van der Waals surface area contributed by atoms with Gasteiger partial charge in [0.1, 0.15) is 11.4 Å². The van der Waals surface area contributed by atoms with E-state index in [1.165, 1.54) is 25.3 Å². The summed E-state index contributed by atoms with van der Waals surface area (Å²) < 4.78 is 61.8. The summed E-state index contributed by atoms with van der Waals surface area (Å²) in [6, 6.07) is -0.624. The lowest BCUT2D eigenvalue weighted by Gasteiger charge is -2.31. The van der Waals surface area contributed by atoms with Gasteiger partial charge in [0.05, 0.1) is 15.8 Å². The van der Waals surface area contributed by atoms with Gasteiger partial charge in [0.25, 0.3) is 0 Å². The number of sulfone groups is 1. The highest BCUT2D eigenvalue weighted by Gasteiger charge is 2.36. The van der Waals surface area contributed by atoms with E-state index in [1.54, 1.807) is 6.92 Å². The van der Waals surface area contributed by atoms with E-state index in [9.17, 15) is 21.6 Å². The molecule has 0 saturated carbocycles. The third-order valence-corrected chi connectivity index (χ3v) is 4.98. The molecule has 6 nitrogen and oxygen atoms in total. The number of rotatable bonds is 4. The molecule has 2 atom stereocenters. The Bertz CT molecular complexity index is 835. The summed E-state index contributed by atoms with van der Waals surface area (Å²) in [6.45, 7) is 1.57. The summed E-state index contributed by atoms with van der Waals surface area (Å²) in [7, 11) is -2.12. The minimum absolute atomic E-state index is 0.0623. The maximum Gasteiger partial charge on any atom is 0.421 e. The molecule has 2 unspecified atom stereocenters. The smallest absolute Gasteiger partial charge is 0.372 e. The van der Waals surface area contributed by atoms with E-state index >= 15 is 0 Å². The van der Waals surface area contributed by atoms with Crippen molar-refractivity contribution in [3.63, 3.8) is 0 Å². The van der Waals surface area contributed by atoms with E-state index in [0.29, 0.717) is 6.20 Å². The van der Waals surface area contributed by atoms with Gasteiger partial charge in [-0.2, -0.15) is 18.2 Å². The predicted molar refractivity (Wildman–Crippen MR) is 90.3 cm³/mol. The highest BCUT2D eigenvalue weighted by atomic mass is 35.5. The second kappa shape index (κ2) is 6.49. The quantitative estimate of drug-likeness (QED) is 0.761. The Morgan fingerprint density at radius 3 is 2.48 bits per heavy atom. The molecule has 138 valence electrons. The normalized spacial score (nSPS) is 24.0. The lowest BCUT2D eigenvalue weighted by molar-refractivity contribution is -0.137. The SMILES string of the molecule is CNc1nc(NC2C=CC(S(C)(=O)=O)=CC2(C)Cl)ncc1C(F)(F)F. The van der Waals surface area contributed by atoms with Crippen molar-refractivity contribution < 1.29 is 21.6 Å². The molecule has 0 spiro atoms. The Balaban J connectivity index is 2.30. The third kappa shape index (κ3) is 4.43. The maximum atomic E-state index is 12.9. The van der Waals surface area contributed by atoms with E-state index < -0.39 is 32.5 Å². The van der Waals surface area contributed by atoms with Crippen molar-refractivity contribution in [2.24, 2.45) is 0 Å². The molecule has 0 aliphatic heterocycles. The van der Waals surface area contributed by atoms with Crippen LogP contribution in [0.2, 0.25) is 0 Å². The lowest BCUT2D eigenvalue weighted by atomic mass is 9.96. The lowest BCUT2D eigenvalue weighted by Crippen LogP contribution is -2.39. The molecule has 1 aromatic rings. The van der Waals surface area contributed by atoms with Crippen molar-refractivity contribution >= 4 is 33.2 Å². The van der Waals surface area contributed by atoms with E-state index in [-0.39, 0.29) is 16.7 Å². The number of anilines is 2. The van der Waals surface area contributed by atoms with Crippen molar-refractivity contribution in [2.75, 3.05) is 23.9 Å². The van der Waals surface area contributed by atoms with Crippen LogP contribution in [0.3, 0.4) is 0 Å². The van der Waals surface area contributed by atoms with Gasteiger partial charge in [-0.05, 0) is 19.1 Å². The topological polar surface area (TPSA) is 84.0 Å². The number of nitrogens with one attached hydrogen (secondary N) is 2. The van der Waals surface area contributed by atoms with Gasteiger partial charge in [0, 0.05) is 19.5 Å². The molecular weight excluding hydrogens is 381 g/mol. The summed E-state index contributed by atoms with van der Waals surface area (Å²) in [4.78, 5) is 6.39. The van der Waals surface area contributed by atoms with Crippen LogP contribution in [0.5, 0.6) is 0 Å². The van der Waals surface area contributed by atoms with Crippen LogP contribution in [0, 0.1) is 0 Å².